The minimum Gasteiger partial charge on any atom is -0.497 e. The van der Waals surface area contributed by atoms with Crippen LogP contribution < -0.4 is 10.3 Å². The van der Waals surface area contributed by atoms with Crippen LogP contribution in [0, 0.1) is 3.57 Å². The van der Waals surface area contributed by atoms with Gasteiger partial charge in [-0.1, -0.05) is 36.7 Å². The summed E-state index contributed by atoms with van der Waals surface area (Å²) in [4.78, 5) is 19.7. The lowest BCUT2D eigenvalue weighted by atomic mass is 9.92. The van der Waals surface area contributed by atoms with Gasteiger partial charge in [-0.2, -0.15) is 0 Å². The Kier molecular flexibility index (Phi) is 4.77. The van der Waals surface area contributed by atoms with Crippen LogP contribution in [0.25, 0.3) is 11.4 Å². The number of aromatic nitrogens is 2. The molecule has 21 heavy (non-hydrogen) atoms. The van der Waals surface area contributed by atoms with Crippen molar-refractivity contribution in [1.82, 2.24) is 9.97 Å². The number of halogens is 2. The zero-order chi connectivity index (χ0) is 15.8. The van der Waals surface area contributed by atoms with Gasteiger partial charge in [0.1, 0.15) is 15.1 Å². The first-order chi connectivity index (χ1) is 9.74. The third-order valence-corrected chi connectivity index (χ3v) is 4.69. The zero-order valence-electron chi connectivity index (χ0n) is 12.3. The maximum atomic E-state index is 12.2. The summed E-state index contributed by atoms with van der Waals surface area (Å²) < 4.78 is 6.72. The smallest absolute Gasteiger partial charge is 0.264 e. The lowest BCUT2D eigenvalue weighted by Crippen LogP contribution is -2.24. The highest BCUT2D eigenvalue weighted by atomic mass is 127. The van der Waals surface area contributed by atoms with E-state index in [1.165, 1.54) is 0 Å². The largest absolute Gasteiger partial charge is 0.497 e. The SMILES string of the molecule is COc1ccc(Br)c(-c2nc(C(C)(C)C)c(I)c(=O)[nH]2)c1. The van der Waals surface area contributed by atoms with E-state index < -0.39 is 0 Å². The summed E-state index contributed by atoms with van der Waals surface area (Å²) in [5.41, 5.74) is 1.26. The van der Waals surface area contributed by atoms with Crippen LogP contribution in [0.4, 0.5) is 0 Å². The molecule has 1 aromatic heterocycles. The summed E-state index contributed by atoms with van der Waals surface area (Å²) >= 11 is 5.54. The van der Waals surface area contributed by atoms with Crippen molar-refractivity contribution in [3.63, 3.8) is 0 Å². The van der Waals surface area contributed by atoms with E-state index in [-0.39, 0.29) is 11.0 Å². The van der Waals surface area contributed by atoms with E-state index in [2.05, 4.69) is 25.9 Å². The van der Waals surface area contributed by atoms with E-state index in [1.54, 1.807) is 7.11 Å². The van der Waals surface area contributed by atoms with Gasteiger partial charge >= 0.3 is 0 Å². The van der Waals surface area contributed by atoms with Gasteiger partial charge in [0, 0.05) is 15.5 Å². The molecule has 0 spiro atoms. The third-order valence-electron chi connectivity index (χ3n) is 3.00. The number of nitrogens with zero attached hydrogens (tertiary/aromatic N) is 1. The van der Waals surface area contributed by atoms with E-state index in [0.29, 0.717) is 15.1 Å². The molecule has 0 bridgehead atoms. The summed E-state index contributed by atoms with van der Waals surface area (Å²) in [5, 5.41) is 0. The van der Waals surface area contributed by atoms with Crippen LogP contribution >= 0.6 is 38.5 Å². The summed E-state index contributed by atoms with van der Waals surface area (Å²) in [5.74, 6) is 1.25. The first-order valence-corrected chi connectivity index (χ1v) is 8.25. The molecule has 1 heterocycles. The van der Waals surface area contributed by atoms with Crippen molar-refractivity contribution in [2.75, 3.05) is 7.11 Å². The van der Waals surface area contributed by atoms with Gasteiger partial charge in [0.25, 0.3) is 5.56 Å². The Labute approximate surface area is 145 Å². The van der Waals surface area contributed by atoms with E-state index in [4.69, 9.17) is 4.74 Å². The van der Waals surface area contributed by atoms with Gasteiger partial charge in [-0.3, -0.25) is 4.79 Å². The van der Waals surface area contributed by atoms with E-state index in [1.807, 2.05) is 61.6 Å². The molecular weight excluding hydrogens is 447 g/mol. The lowest BCUT2D eigenvalue weighted by molar-refractivity contribution is 0.415. The predicted molar refractivity (Wildman–Crippen MR) is 96.0 cm³/mol. The molecule has 2 aromatic rings. The number of H-pyrrole nitrogens is 1. The fourth-order valence-electron chi connectivity index (χ4n) is 1.90. The normalized spacial score (nSPS) is 11.5. The van der Waals surface area contributed by atoms with Crippen LogP contribution in [0.3, 0.4) is 0 Å². The summed E-state index contributed by atoms with van der Waals surface area (Å²) in [7, 11) is 1.61. The van der Waals surface area contributed by atoms with Crippen molar-refractivity contribution < 1.29 is 4.74 Å². The monoisotopic (exact) mass is 462 g/mol. The topological polar surface area (TPSA) is 55.0 Å². The molecule has 0 unspecified atom stereocenters. The van der Waals surface area contributed by atoms with Crippen LogP contribution in [0.1, 0.15) is 26.5 Å². The lowest BCUT2D eigenvalue weighted by Gasteiger charge is -2.20. The maximum absolute atomic E-state index is 12.2. The van der Waals surface area contributed by atoms with Crippen LogP contribution in [-0.4, -0.2) is 17.1 Å². The average Bonchev–Trinajstić information content (AvgIpc) is 2.41. The Hall–Kier alpha value is -0.890. The first kappa shape index (κ1) is 16.5. The van der Waals surface area contributed by atoms with Gasteiger partial charge < -0.3 is 9.72 Å². The number of hydrogen-bond donors (Lipinski definition) is 1. The van der Waals surface area contributed by atoms with Crippen molar-refractivity contribution in [3.8, 4) is 17.1 Å². The summed E-state index contributed by atoms with van der Waals surface area (Å²) in [6, 6.07) is 5.58. The second kappa shape index (κ2) is 6.08. The molecule has 0 saturated heterocycles. The molecule has 0 fully saturated rings. The molecule has 0 aliphatic carbocycles. The standard InChI is InChI=1S/C15H16BrIN2O2/c1-15(2,3)12-11(17)14(20)19-13(18-12)9-7-8(21-4)5-6-10(9)16/h5-7H,1-4H3,(H,18,19,20). The van der Waals surface area contributed by atoms with Crippen LogP contribution in [0.15, 0.2) is 27.5 Å². The number of rotatable bonds is 2. The van der Waals surface area contributed by atoms with Gasteiger partial charge in [-0.25, -0.2) is 4.98 Å². The van der Waals surface area contributed by atoms with Gasteiger partial charge in [0.15, 0.2) is 0 Å². The molecule has 0 radical (unpaired) electrons. The first-order valence-electron chi connectivity index (χ1n) is 6.38. The van der Waals surface area contributed by atoms with Crippen molar-refractivity contribution >= 4 is 38.5 Å². The quantitative estimate of drug-likeness (QED) is 0.683. The third kappa shape index (κ3) is 3.48. The van der Waals surface area contributed by atoms with E-state index in [9.17, 15) is 4.79 Å². The molecule has 2 rings (SSSR count). The van der Waals surface area contributed by atoms with Crippen LogP contribution in [0.5, 0.6) is 5.75 Å². The fourth-order valence-corrected chi connectivity index (χ4v) is 3.40. The molecule has 0 aliphatic rings. The maximum Gasteiger partial charge on any atom is 0.264 e. The average molecular weight is 463 g/mol. The molecule has 6 heteroatoms. The second-order valence-electron chi connectivity index (χ2n) is 5.67. The highest BCUT2D eigenvalue weighted by molar-refractivity contribution is 14.1. The summed E-state index contributed by atoms with van der Waals surface area (Å²) in [6.45, 7) is 6.13. The number of nitrogens with one attached hydrogen (secondary N) is 1. The van der Waals surface area contributed by atoms with Gasteiger partial charge in [-0.15, -0.1) is 0 Å². The molecule has 1 aromatic carbocycles. The van der Waals surface area contributed by atoms with E-state index >= 15 is 0 Å². The minimum absolute atomic E-state index is 0.125. The van der Waals surface area contributed by atoms with Gasteiger partial charge in [-0.05, 0) is 40.8 Å². The molecule has 112 valence electrons. The van der Waals surface area contributed by atoms with Crippen molar-refractivity contribution in [3.05, 3.63) is 42.3 Å². The molecule has 0 amide bonds. The molecule has 0 aliphatic heterocycles. The van der Waals surface area contributed by atoms with Crippen molar-refractivity contribution in [1.29, 1.82) is 0 Å². The van der Waals surface area contributed by atoms with Crippen LogP contribution in [0.2, 0.25) is 0 Å². The van der Waals surface area contributed by atoms with Crippen LogP contribution in [-0.2, 0) is 5.41 Å². The number of methoxy groups -OCH3 is 1. The highest BCUT2D eigenvalue weighted by Gasteiger charge is 2.22. The van der Waals surface area contributed by atoms with E-state index in [0.717, 1.165) is 15.7 Å². The molecule has 4 nitrogen and oxygen atoms in total. The number of aromatic amines is 1. The van der Waals surface area contributed by atoms with Gasteiger partial charge in [0.05, 0.1) is 12.8 Å². The predicted octanol–water partition coefficient (Wildman–Crippen LogP) is 4.11. The Morgan fingerprint density at radius 3 is 2.57 bits per heavy atom. The molecule has 0 saturated carbocycles. The number of benzene rings is 1. The Bertz CT molecular complexity index is 735. The Balaban J connectivity index is 2.71. The second-order valence-corrected chi connectivity index (χ2v) is 7.61. The zero-order valence-corrected chi connectivity index (χ0v) is 16.0. The Morgan fingerprint density at radius 1 is 1.33 bits per heavy atom. The number of hydrogen-bond acceptors (Lipinski definition) is 3. The van der Waals surface area contributed by atoms with Gasteiger partial charge in [0.2, 0.25) is 0 Å². The molecule has 1 N–H and O–H groups in total. The highest BCUT2D eigenvalue weighted by Crippen LogP contribution is 2.31. The minimum atomic E-state index is -0.203. The van der Waals surface area contributed by atoms with Crippen molar-refractivity contribution in [2.24, 2.45) is 0 Å². The summed E-state index contributed by atoms with van der Waals surface area (Å²) in [6.07, 6.45) is 0. The molecular formula is C15H16BrIN2O2. The Morgan fingerprint density at radius 2 is 2.00 bits per heavy atom. The fraction of sp³-hybridized carbons (Fsp3) is 0.333. The molecule has 0 atom stereocenters. The number of ether oxygens (including phenoxy) is 1. The van der Waals surface area contributed by atoms with Crippen molar-refractivity contribution in [2.45, 2.75) is 26.2 Å².